The van der Waals surface area contributed by atoms with Crippen molar-refractivity contribution in [2.75, 3.05) is 30.3 Å². The monoisotopic (exact) mass is 1020 g/mol. The molecule has 0 unspecified atom stereocenters. The summed E-state index contributed by atoms with van der Waals surface area (Å²) in [6.07, 6.45) is -0.598. The first kappa shape index (κ1) is 50.0. The number of nitrogens with one attached hydrogen (secondary N) is 4. The second-order valence-electron chi connectivity index (χ2n) is 21.9. The van der Waals surface area contributed by atoms with Gasteiger partial charge in [0.15, 0.2) is 0 Å². The van der Waals surface area contributed by atoms with Crippen LogP contribution in [0.25, 0.3) is 0 Å². The van der Waals surface area contributed by atoms with Crippen molar-refractivity contribution in [1.29, 1.82) is 0 Å². The Labute approximate surface area is 425 Å². The first-order valence-corrected chi connectivity index (χ1v) is 25.2. The Morgan fingerprint density at radius 2 is 1.78 bits per heavy atom. The van der Waals surface area contributed by atoms with E-state index in [2.05, 4.69) is 38.1 Å². The second-order valence-corrected chi connectivity index (χ2v) is 22.3. The third-order valence-electron chi connectivity index (χ3n) is 15.6. The largest absolute Gasteiger partial charge is 0.489 e. The zero-order chi connectivity index (χ0) is 51.9. The molecular formula is C55H56ClF4N7O6. The van der Waals surface area contributed by atoms with Crippen LogP contribution in [0.2, 0.25) is 5.02 Å². The lowest BCUT2D eigenvalue weighted by molar-refractivity contribution is -0.141. The minimum absolute atomic E-state index is 0.0415. The summed E-state index contributed by atoms with van der Waals surface area (Å²) in [7, 11) is 0. The van der Waals surface area contributed by atoms with Crippen LogP contribution < -0.4 is 26.0 Å². The van der Waals surface area contributed by atoms with Crippen LogP contribution >= 0.6 is 11.6 Å². The Balaban J connectivity index is 0.860. The predicted octanol–water partition coefficient (Wildman–Crippen LogP) is 8.60. The van der Waals surface area contributed by atoms with Gasteiger partial charge in [-0.2, -0.15) is 13.2 Å². The number of piperidine rings is 2. The van der Waals surface area contributed by atoms with E-state index in [1.54, 1.807) is 47.4 Å². The van der Waals surface area contributed by atoms with Crippen LogP contribution in [0, 0.1) is 34.4 Å². The molecular weight excluding hydrogens is 966 g/mol. The molecule has 6 aliphatic rings. The number of ether oxygens (including phenoxy) is 1. The second kappa shape index (κ2) is 18.5. The summed E-state index contributed by atoms with van der Waals surface area (Å²) in [5.41, 5.74) is 0.772. The molecule has 13 nitrogen and oxygen atoms in total. The van der Waals surface area contributed by atoms with Crippen molar-refractivity contribution in [1.82, 2.24) is 25.4 Å². The van der Waals surface area contributed by atoms with Crippen LogP contribution in [0.5, 0.6) is 5.75 Å². The van der Waals surface area contributed by atoms with Gasteiger partial charge in [-0.25, -0.2) is 4.39 Å². The maximum absolute atomic E-state index is 16.4. The van der Waals surface area contributed by atoms with Gasteiger partial charge in [0.05, 0.1) is 22.9 Å². The Morgan fingerprint density at radius 3 is 2.49 bits per heavy atom. The van der Waals surface area contributed by atoms with Crippen LogP contribution in [0.1, 0.15) is 128 Å². The number of rotatable bonds is 8. The molecule has 0 radical (unpaired) electrons. The van der Waals surface area contributed by atoms with Gasteiger partial charge in [-0.1, -0.05) is 62.4 Å². The fourth-order valence-electron chi connectivity index (χ4n) is 12.0. The number of aromatic nitrogens is 1. The molecule has 6 heterocycles. The zero-order valence-corrected chi connectivity index (χ0v) is 41.8. The molecule has 6 atom stereocenters. The van der Waals surface area contributed by atoms with Crippen molar-refractivity contribution in [3.8, 4) is 17.6 Å². The molecule has 10 rings (SSSR count). The molecule has 2 spiro atoms. The number of imide groups is 1. The molecule has 1 aromatic heterocycles. The first-order chi connectivity index (χ1) is 34.6. The van der Waals surface area contributed by atoms with Gasteiger partial charge in [0.2, 0.25) is 17.7 Å². The predicted molar refractivity (Wildman–Crippen MR) is 264 cm³/mol. The van der Waals surface area contributed by atoms with E-state index in [1.165, 1.54) is 17.2 Å². The van der Waals surface area contributed by atoms with E-state index >= 15 is 4.39 Å². The summed E-state index contributed by atoms with van der Waals surface area (Å²) in [6.45, 7) is 11.0. The minimum Gasteiger partial charge on any atom is -0.489 e. The van der Waals surface area contributed by atoms with Crippen LogP contribution in [0.3, 0.4) is 0 Å². The Hall–Kier alpha value is -6.51. The SMILES string of the molecule is CC(C)Oc1cc(C(=O)N2CCC3(CC2)C[C@@H]3C#Cc2cccc3c2CN([C@H]2CCC(=O)NC2=O)C3=O)ccc1NC(=O)[C@@H]1N[C@@H](CC(C)(C)C)[C@@]2(CNc3cc(C(F)(F)F)ncc32)[C@H]1c1cccc(Cl)c1F. The zero-order valence-electron chi connectivity index (χ0n) is 41.1. The molecule has 5 aliphatic heterocycles. The summed E-state index contributed by atoms with van der Waals surface area (Å²) in [6, 6.07) is 13.4. The summed E-state index contributed by atoms with van der Waals surface area (Å²) in [4.78, 5) is 74.0. The number of alkyl halides is 3. The molecule has 1 saturated carbocycles. The maximum atomic E-state index is 16.4. The number of hydrogen-bond acceptors (Lipinski definition) is 9. The lowest BCUT2D eigenvalue weighted by atomic mass is 9.63. The highest BCUT2D eigenvalue weighted by atomic mass is 35.5. The highest BCUT2D eigenvalue weighted by molar-refractivity contribution is 6.30. The number of carbonyl (C=O) groups is 5. The molecule has 382 valence electrons. The average Bonchev–Trinajstić information content (AvgIpc) is 3.53. The third kappa shape index (κ3) is 9.19. The molecule has 18 heteroatoms. The summed E-state index contributed by atoms with van der Waals surface area (Å²) < 4.78 is 64.5. The third-order valence-corrected chi connectivity index (χ3v) is 15.9. The fourth-order valence-corrected chi connectivity index (χ4v) is 12.1. The molecule has 4 N–H and O–H groups in total. The lowest BCUT2D eigenvalue weighted by Crippen LogP contribution is -2.52. The average molecular weight is 1020 g/mol. The van der Waals surface area contributed by atoms with E-state index < -0.39 is 59.0 Å². The van der Waals surface area contributed by atoms with Crippen molar-refractivity contribution in [3.05, 3.63) is 117 Å². The van der Waals surface area contributed by atoms with Crippen LogP contribution in [-0.2, 0) is 32.5 Å². The standard InChI is InChI=1S/C55H56ClF4N7O6/c1-29(2)73-41-22-31(50(71)66-20-18-53(19-21-66)24-32(53)14-12-30-8-6-9-33-35(30)27-67(51(33)72)40-16-17-44(68)65-48(40)69)13-15-38(41)63-49(70)47-45(34-10-7-11-37(56)46(34)57)54(43(64-47)25-52(3,4)5)28-62-39-23-42(55(58,59)60)61-26-36(39)54/h6-11,13,15,22-23,26,29,32,40,43,45,47,62,64H,16-21,24-25,27-28H2,1-5H3,(H,63,70)(H,65,68,69)/t32-,40-,43-,45-,47+,54-/m0/s1. The van der Waals surface area contributed by atoms with Gasteiger partial charge < -0.3 is 30.5 Å². The maximum Gasteiger partial charge on any atom is 0.433 e. The van der Waals surface area contributed by atoms with Crippen molar-refractivity contribution < 1.29 is 46.3 Å². The number of carbonyl (C=O) groups excluding carboxylic acids is 5. The highest BCUT2D eigenvalue weighted by Crippen LogP contribution is 2.60. The number of hydrogen-bond donors (Lipinski definition) is 4. The highest BCUT2D eigenvalue weighted by Gasteiger charge is 2.62. The molecule has 4 fully saturated rings. The van der Waals surface area contributed by atoms with Gasteiger partial charge >= 0.3 is 6.18 Å². The molecule has 3 aromatic carbocycles. The van der Waals surface area contributed by atoms with Gasteiger partial charge in [-0.05, 0) is 110 Å². The van der Waals surface area contributed by atoms with Gasteiger partial charge in [-0.15, -0.1) is 0 Å². The molecule has 1 aliphatic carbocycles. The van der Waals surface area contributed by atoms with Gasteiger partial charge in [0, 0.05) is 90.0 Å². The molecule has 3 saturated heterocycles. The Morgan fingerprint density at radius 1 is 1.03 bits per heavy atom. The number of fused-ring (bicyclic) bond motifs is 3. The van der Waals surface area contributed by atoms with Crippen molar-refractivity contribution in [2.24, 2.45) is 16.7 Å². The number of benzene rings is 3. The van der Waals surface area contributed by atoms with Crippen molar-refractivity contribution in [3.63, 3.8) is 0 Å². The molecule has 0 bridgehead atoms. The smallest absolute Gasteiger partial charge is 0.433 e. The van der Waals surface area contributed by atoms with E-state index in [4.69, 9.17) is 16.3 Å². The van der Waals surface area contributed by atoms with E-state index in [1.807, 2.05) is 40.7 Å². The van der Waals surface area contributed by atoms with E-state index in [9.17, 15) is 37.1 Å². The van der Waals surface area contributed by atoms with E-state index in [0.717, 1.165) is 36.5 Å². The quantitative estimate of drug-likeness (QED) is 0.0770. The Kier molecular flexibility index (Phi) is 12.6. The fraction of sp³-hybridized carbons (Fsp3) is 0.455. The van der Waals surface area contributed by atoms with Crippen molar-refractivity contribution in [2.45, 2.75) is 121 Å². The molecule has 4 aromatic rings. The number of halogens is 5. The topological polar surface area (TPSA) is 162 Å². The Bertz CT molecular complexity index is 3030. The van der Waals surface area contributed by atoms with E-state index in [-0.39, 0.29) is 94.2 Å². The van der Waals surface area contributed by atoms with Crippen molar-refractivity contribution >= 4 is 52.5 Å². The van der Waals surface area contributed by atoms with Gasteiger partial charge in [0.1, 0.15) is 23.3 Å². The van der Waals surface area contributed by atoms with E-state index in [0.29, 0.717) is 36.2 Å². The summed E-state index contributed by atoms with van der Waals surface area (Å²) >= 11 is 6.40. The normalized spacial score (nSPS) is 25.0. The number of nitrogens with zero attached hydrogens (tertiary/aromatic N) is 3. The number of anilines is 2. The minimum atomic E-state index is -4.71. The lowest BCUT2D eigenvalue weighted by Gasteiger charge is -2.39. The first-order valence-electron chi connectivity index (χ1n) is 24.8. The number of likely N-dealkylation sites (tertiary alicyclic amines) is 1. The molecule has 5 amide bonds. The number of amides is 5. The molecule has 73 heavy (non-hydrogen) atoms. The van der Waals surface area contributed by atoms with Crippen LogP contribution in [0.4, 0.5) is 28.9 Å². The summed E-state index contributed by atoms with van der Waals surface area (Å²) in [5, 5.41) is 11.9. The van der Waals surface area contributed by atoms with Gasteiger partial charge in [0.25, 0.3) is 11.8 Å². The summed E-state index contributed by atoms with van der Waals surface area (Å²) in [5.74, 6) is 3.61. The van der Waals surface area contributed by atoms with Gasteiger partial charge in [-0.3, -0.25) is 34.3 Å². The van der Waals surface area contributed by atoms with Crippen LogP contribution in [-0.4, -0.2) is 88.2 Å². The van der Waals surface area contributed by atoms with Crippen LogP contribution in [0.15, 0.2) is 66.9 Å². The number of pyridine rings is 1.